The highest BCUT2D eigenvalue weighted by atomic mass is 32.1. The average Bonchev–Trinajstić information content (AvgIpc) is 3.59. The number of thiophene rings is 1. The molecule has 5 N–H and O–H groups in total. The molecule has 5 rings (SSSR count). The fourth-order valence-corrected chi connectivity index (χ4v) is 5.53. The van der Waals surface area contributed by atoms with E-state index in [0.29, 0.717) is 22.5 Å². The van der Waals surface area contributed by atoms with Gasteiger partial charge in [-0.25, -0.2) is 4.79 Å². The standard InChI is InChI=1S/C35H32N4O4S/c36-29-18-17-28(32-12-7-19-44-32)21-30(29)38-33(40)27-15-13-24(14-16-27)20-31(34(41)37-22-25-8-3-1-4-9-25)39(35(42)43)23-26-10-5-2-6-11-26/h1-19,21,31H,20,22-23,36H2,(H,37,41)(H,38,40)(H,42,43)/t31-/m0/s1. The summed E-state index contributed by atoms with van der Waals surface area (Å²) in [6, 6.07) is 33.9. The predicted octanol–water partition coefficient (Wildman–Crippen LogP) is 6.66. The normalized spacial score (nSPS) is 11.4. The van der Waals surface area contributed by atoms with Crippen LogP contribution in [0, 0.1) is 0 Å². The lowest BCUT2D eigenvalue weighted by Gasteiger charge is -2.29. The fraction of sp³-hybridized carbons (Fsp3) is 0.114. The van der Waals surface area contributed by atoms with E-state index in [0.717, 1.165) is 26.5 Å². The van der Waals surface area contributed by atoms with Crippen LogP contribution >= 0.6 is 11.3 Å². The molecule has 44 heavy (non-hydrogen) atoms. The Labute approximate surface area is 259 Å². The average molecular weight is 605 g/mol. The molecule has 0 saturated heterocycles. The van der Waals surface area contributed by atoms with E-state index in [1.165, 1.54) is 0 Å². The number of nitrogens with one attached hydrogen (secondary N) is 2. The van der Waals surface area contributed by atoms with E-state index < -0.39 is 18.0 Å². The van der Waals surface area contributed by atoms with Crippen LogP contribution in [0.4, 0.5) is 16.2 Å². The van der Waals surface area contributed by atoms with Crippen LogP contribution in [0.25, 0.3) is 10.4 Å². The van der Waals surface area contributed by atoms with Gasteiger partial charge in [-0.3, -0.25) is 14.5 Å². The number of hydrogen-bond acceptors (Lipinski definition) is 5. The highest BCUT2D eigenvalue weighted by Gasteiger charge is 2.30. The molecule has 0 bridgehead atoms. The molecule has 0 unspecified atom stereocenters. The third-order valence-electron chi connectivity index (χ3n) is 7.18. The van der Waals surface area contributed by atoms with Crippen molar-refractivity contribution in [2.24, 2.45) is 0 Å². The zero-order chi connectivity index (χ0) is 30.9. The smallest absolute Gasteiger partial charge is 0.408 e. The zero-order valence-electron chi connectivity index (χ0n) is 23.9. The number of rotatable bonds is 11. The summed E-state index contributed by atoms with van der Waals surface area (Å²) in [7, 11) is 0. The first-order chi connectivity index (χ1) is 21.4. The van der Waals surface area contributed by atoms with Crippen molar-refractivity contribution in [1.29, 1.82) is 0 Å². The number of benzene rings is 4. The highest BCUT2D eigenvalue weighted by Crippen LogP contribution is 2.30. The molecule has 0 aliphatic heterocycles. The van der Waals surface area contributed by atoms with Crippen LogP contribution in [0.15, 0.2) is 121 Å². The molecule has 0 saturated carbocycles. The van der Waals surface area contributed by atoms with Gasteiger partial charge in [0.05, 0.1) is 11.4 Å². The largest absolute Gasteiger partial charge is 0.465 e. The Bertz CT molecular complexity index is 1710. The lowest BCUT2D eigenvalue weighted by molar-refractivity contribution is -0.126. The lowest BCUT2D eigenvalue weighted by Crippen LogP contribution is -2.49. The van der Waals surface area contributed by atoms with Gasteiger partial charge in [-0.1, -0.05) is 84.9 Å². The number of amides is 3. The Morgan fingerprint density at radius 1 is 0.795 bits per heavy atom. The Morgan fingerprint density at radius 3 is 2.11 bits per heavy atom. The van der Waals surface area contributed by atoms with E-state index in [2.05, 4.69) is 10.6 Å². The van der Waals surface area contributed by atoms with Crippen LogP contribution in [0.5, 0.6) is 0 Å². The fourth-order valence-electron chi connectivity index (χ4n) is 4.81. The SMILES string of the molecule is Nc1ccc(-c2cccs2)cc1NC(=O)c1ccc(C[C@@H](C(=O)NCc2ccccc2)N(Cc2ccccc2)C(=O)O)cc1. The summed E-state index contributed by atoms with van der Waals surface area (Å²) in [5.41, 5.74) is 10.8. The Hall–Kier alpha value is -5.41. The van der Waals surface area contributed by atoms with Gasteiger partial charge in [0.25, 0.3) is 5.91 Å². The first-order valence-electron chi connectivity index (χ1n) is 14.1. The molecule has 0 aliphatic carbocycles. The van der Waals surface area contributed by atoms with Crippen molar-refractivity contribution in [3.8, 4) is 10.4 Å². The van der Waals surface area contributed by atoms with Crippen LogP contribution < -0.4 is 16.4 Å². The van der Waals surface area contributed by atoms with E-state index in [1.807, 2.05) is 90.3 Å². The summed E-state index contributed by atoms with van der Waals surface area (Å²) in [5, 5.41) is 17.9. The number of nitrogens with two attached hydrogens (primary N) is 1. The first kappa shape index (κ1) is 30.1. The Balaban J connectivity index is 1.33. The van der Waals surface area contributed by atoms with Crippen LogP contribution in [-0.4, -0.2) is 34.0 Å². The molecule has 4 aromatic carbocycles. The van der Waals surface area contributed by atoms with Crippen molar-refractivity contribution in [1.82, 2.24) is 10.2 Å². The number of hydrogen-bond donors (Lipinski definition) is 4. The topological polar surface area (TPSA) is 125 Å². The molecule has 3 amide bonds. The molecule has 1 aromatic heterocycles. The minimum atomic E-state index is -1.20. The molecule has 0 fully saturated rings. The molecule has 0 aliphatic rings. The molecule has 1 atom stereocenters. The van der Waals surface area contributed by atoms with Crippen LogP contribution in [0.3, 0.4) is 0 Å². The molecule has 222 valence electrons. The highest BCUT2D eigenvalue weighted by molar-refractivity contribution is 7.13. The molecule has 1 heterocycles. The quantitative estimate of drug-likeness (QED) is 0.126. The van der Waals surface area contributed by atoms with Gasteiger partial charge in [0.15, 0.2) is 0 Å². The van der Waals surface area contributed by atoms with Crippen molar-refractivity contribution in [3.05, 3.63) is 143 Å². The summed E-state index contributed by atoms with van der Waals surface area (Å²) in [6.07, 6.45) is -1.08. The summed E-state index contributed by atoms with van der Waals surface area (Å²) in [4.78, 5) is 41.3. The molecule has 9 heteroatoms. The van der Waals surface area contributed by atoms with Crippen molar-refractivity contribution < 1.29 is 19.5 Å². The second-order valence-electron chi connectivity index (χ2n) is 10.2. The van der Waals surface area contributed by atoms with Gasteiger partial charge >= 0.3 is 6.09 Å². The number of anilines is 2. The number of carbonyl (C=O) groups is 3. The van der Waals surface area contributed by atoms with Gasteiger partial charge in [0, 0.05) is 30.0 Å². The van der Waals surface area contributed by atoms with Crippen molar-refractivity contribution in [2.75, 3.05) is 11.1 Å². The van der Waals surface area contributed by atoms with E-state index in [1.54, 1.807) is 41.7 Å². The second kappa shape index (κ2) is 14.2. The van der Waals surface area contributed by atoms with Gasteiger partial charge in [-0.05, 0) is 58.0 Å². The maximum absolute atomic E-state index is 13.5. The van der Waals surface area contributed by atoms with E-state index in [4.69, 9.17) is 5.73 Å². The Morgan fingerprint density at radius 2 is 1.48 bits per heavy atom. The zero-order valence-corrected chi connectivity index (χ0v) is 24.7. The van der Waals surface area contributed by atoms with Gasteiger partial charge in [-0.2, -0.15) is 0 Å². The monoisotopic (exact) mass is 604 g/mol. The van der Waals surface area contributed by atoms with Gasteiger partial charge < -0.3 is 21.5 Å². The second-order valence-corrected chi connectivity index (χ2v) is 11.2. The van der Waals surface area contributed by atoms with Crippen molar-refractivity contribution in [3.63, 3.8) is 0 Å². The minimum Gasteiger partial charge on any atom is -0.465 e. The molecule has 0 radical (unpaired) electrons. The maximum atomic E-state index is 13.5. The lowest BCUT2D eigenvalue weighted by atomic mass is 10.0. The van der Waals surface area contributed by atoms with Crippen molar-refractivity contribution in [2.45, 2.75) is 25.6 Å². The summed E-state index contributed by atoms with van der Waals surface area (Å²) in [6.45, 7) is 0.316. The first-order valence-corrected chi connectivity index (χ1v) is 14.9. The number of carboxylic acid groups (broad SMARTS) is 1. The van der Waals surface area contributed by atoms with Crippen molar-refractivity contribution >= 4 is 40.6 Å². The van der Waals surface area contributed by atoms with E-state index in [9.17, 15) is 19.5 Å². The molecule has 8 nitrogen and oxygen atoms in total. The summed E-state index contributed by atoms with van der Waals surface area (Å²) in [5.74, 6) is -0.741. The predicted molar refractivity (Wildman–Crippen MR) is 174 cm³/mol. The van der Waals surface area contributed by atoms with E-state index in [-0.39, 0.29) is 25.4 Å². The Kier molecular flexibility index (Phi) is 9.68. The maximum Gasteiger partial charge on any atom is 0.408 e. The third-order valence-corrected chi connectivity index (χ3v) is 8.10. The molecule has 0 spiro atoms. The number of nitrogen functional groups attached to an aromatic ring is 1. The van der Waals surface area contributed by atoms with Crippen LogP contribution in [0.2, 0.25) is 0 Å². The molecule has 5 aromatic rings. The third kappa shape index (κ3) is 7.70. The minimum absolute atomic E-state index is 0.0477. The molecular weight excluding hydrogens is 572 g/mol. The number of nitrogens with zero attached hydrogens (tertiary/aromatic N) is 1. The summed E-state index contributed by atoms with van der Waals surface area (Å²) >= 11 is 1.60. The summed E-state index contributed by atoms with van der Waals surface area (Å²) < 4.78 is 0. The van der Waals surface area contributed by atoms with Crippen LogP contribution in [-0.2, 0) is 24.3 Å². The van der Waals surface area contributed by atoms with Crippen LogP contribution in [0.1, 0.15) is 27.0 Å². The van der Waals surface area contributed by atoms with Gasteiger partial charge in [-0.15, -0.1) is 11.3 Å². The van der Waals surface area contributed by atoms with Gasteiger partial charge in [0.1, 0.15) is 6.04 Å². The molecular formula is C35H32N4O4S. The van der Waals surface area contributed by atoms with E-state index >= 15 is 0 Å². The van der Waals surface area contributed by atoms with Gasteiger partial charge in [0.2, 0.25) is 5.91 Å². The number of carbonyl (C=O) groups excluding carboxylic acids is 2.